The highest BCUT2D eigenvalue weighted by atomic mass is 35.5. The fourth-order valence-corrected chi connectivity index (χ4v) is 2.01. The van der Waals surface area contributed by atoms with Crippen LogP contribution >= 0.6 is 11.6 Å². The van der Waals surface area contributed by atoms with E-state index >= 15 is 0 Å². The van der Waals surface area contributed by atoms with Gasteiger partial charge in [0.2, 0.25) is 0 Å². The Morgan fingerprint density at radius 1 is 1.33 bits per heavy atom. The summed E-state index contributed by atoms with van der Waals surface area (Å²) in [4.78, 5) is 16.1. The lowest BCUT2D eigenvalue weighted by molar-refractivity contribution is 0.0636. The Morgan fingerprint density at radius 3 is 2.67 bits per heavy atom. The quantitative estimate of drug-likeness (QED) is 0.901. The molecule has 0 radical (unpaired) electrons. The minimum atomic E-state index is -0.579. The number of carbonyl (C=O) groups is 1. The van der Waals surface area contributed by atoms with Crippen molar-refractivity contribution in [1.29, 1.82) is 0 Å². The van der Waals surface area contributed by atoms with E-state index in [1.54, 1.807) is 46.1 Å². The Balaban J connectivity index is 2.33. The fraction of sp³-hybridized carbons (Fsp3) is 0.333. The molecular weight excluding hydrogens is 292 g/mol. The maximum atomic E-state index is 11.8. The maximum absolute atomic E-state index is 11.8. The highest BCUT2D eigenvalue weighted by molar-refractivity contribution is 6.38. The third kappa shape index (κ3) is 3.76. The van der Waals surface area contributed by atoms with Crippen molar-refractivity contribution in [2.24, 2.45) is 0 Å². The number of amides is 1. The summed E-state index contributed by atoms with van der Waals surface area (Å²) < 4.78 is 10.4. The predicted molar refractivity (Wildman–Crippen MR) is 83.2 cm³/mol. The molecule has 5 nitrogen and oxygen atoms in total. The molecule has 0 bridgehead atoms. The molecule has 1 amide bonds. The zero-order chi connectivity index (χ0) is 15.6. The molecule has 1 aromatic heterocycles. The lowest BCUT2D eigenvalue weighted by Crippen LogP contribution is -2.27. The Labute approximate surface area is 128 Å². The number of halogens is 1. The number of pyridine rings is 1. The summed E-state index contributed by atoms with van der Waals surface area (Å²) in [6, 6.07) is 5.37. The van der Waals surface area contributed by atoms with E-state index in [0.29, 0.717) is 21.8 Å². The zero-order valence-corrected chi connectivity index (χ0v) is 13.1. The Hall–Kier alpha value is -2.01. The van der Waals surface area contributed by atoms with Crippen molar-refractivity contribution in [3.63, 3.8) is 0 Å². The molecule has 112 valence electrons. The zero-order valence-electron chi connectivity index (χ0n) is 12.4. The standard InChI is InChI=1S/C15H17ClN2O3/c1-15(2,3)21-14(19)18-12-8-17-11-6-5-9(20-4)7-10(11)13(12)16/h5-8H,1-4H3,(H,18,19). The van der Waals surface area contributed by atoms with Gasteiger partial charge in [0.05, 0.1) is 29.5 Å². The second-order valence-electron chi connectivity index (χ2n) is 5.50. The number of rotatable bonds is 2. The molecule has 0 saturated carbocycles. The number of hydrogen-bond acceptors (Lipinski definition) is 4. The molecule has 0 aliphatic rings. The van der Waals surface area contributed by atoms with Crippen molar-refractivity contribution < 1.29 is 14.3 Å². The summed E-state index contributed by atoms with van der Waals surface area (Å²) >= 11 is 6.32. The lowest BCUT2D eigenvalue weighted by atomic mass is 10.2. The molecule has 0 atom stereocenters. The van der Waals surface area contributed by atoms with Crippen LogP contribution in [0, 0.1) is 0 Å². The van der Waals surface area contributed by atoms with Gasteiger partial charge in [0.1, 0.15) is 11.4 Å². The van der Waals surface area contributed by atoms with Crippen molar-refractivity contribution >= 4 is 34.3 Å². The third-order valence-electron chi connectivity index (χ3n) is 2.65. The van der Waals surface area contributed by atoms with E-state index in [4.69, 9.17) is 21.1 Å². The molecule has 0 spiro atoms. The first-order valence-electron chi connectivity index (χ1n) is 6.42. The maximum Gasteiger partial charge on any atom is 0.412 e. The van der Waals surface area contributed by atoms with Gasteiger partial charge in [-0.2, -0.15) is 0 Å². The second-order valence-corrected chi connectivity index (χ2v) is 5.87. The number of ether oxygens (including phenoxy) is 2. The SMILES string of the molecule is COc1ccc2ncc(NC(=O)OC(C)(C)C)c(Cl)c2c1. The van der Waals surface area contributed by atoms with E-state index in [2.05, 4.69) is 10.3 Å². The van der Waals surface area contributed by atoms with Crippen molar-refractivity contribution in [2.45, 2.75) is 26.4 Å². The number of aromatic nitrogens is 1. The average Bonchev–Trinajstić information content (AvgIpc) is 2.39. The summed E-state index contributed by atoms with van der Waals surface area (Å²) in [5, 5.41) is 3.69. The Morgan fingerprint density at radius 2 is 2.05 bits per heavy atom. The van der Waals surface area contributed by atoms with E-state index in [1.807, 2.05) is 0 Å². The van der Waals surface area contributed by atoms with Gasteiger partial charge in [0.15, 0.2) is 0 Å². The molecule has 0 aliphatic heterocycles. The number of nitrogens with zero attached hydrogens (tertiary/aromatic N) is 1. The molecule has 1 N–H and O–H groups in total. The van der Waals surface area contributed by atoms with Gasteiger partial charge in [-0.3, -0.25) is 10.3 Å². The minimum absolute atomic E-state index is 0.393. The van der Waals surface area contributed by atoms with Gasteiger partial charge in [-0.05, 0) is 39.0 Å². The van der Waals surface area contributed by atoms with Crippen LogP contribution in [0.1, 0.15) is 20.8 Å². The summed E-state index contributed by atoms with van der Waals surface area (Å²) in [6.45, 7) is 5.37. The van der Waals surface area contributed by atoms with Crippen LogP contribution in [0.4, 0.5) is 10.5 Å². The van der Waals surface area contributed by atoms with Crippen LogP contribution < -0.4 is 10.1 Å². The van der Waals surface area contributed by atoms with E-state index in [1.165, 1.54) is 6.20 Å². The molecule has 2 aromatic rings. The van der Waals surface area contributed by atoms with Crippen LogP contribution in [0.2, 0.25) is 5.02 Å². The van der Waals surface area contributed by atoms with Crippen LogP contribution in [-0.2, 0) is 4.74 Å². The van der Waals surface area contributed by atoms with Crippen molar-refractivity contribution in [3.8, 4) is 5.75 Å². The van der Waals surface area contributed by atoms with Crippen LogP contribution in [0.15, 0.2) is 24.4 Å². The average molecular weight is 309 g/mol. The first kappa shape index (κ1) is 15.4. The number of anilines is 1. The topological polar surface area (TPSA) is 60.5 Å². The number of hydrogen-bond donors (Lipinski definition) is 1. The largest absolute Gasteiger partial charge is 0.497 e. The van der Waals surface area contributed by atoms with Gasteiger partial charge >= 0.3 is 6.09 Å². The molecule has 0 fully saturated rings. The van der Waals surface area contributed by atoms with E-state index < -0.39 is 11.7 Å². The van der Waals surface area contributed by atoms with E-state index in [0.717, 1.165) is 5.52 Å². The molecule has 6 heteroatoms. The number of carbonyl (C=O) groups excluding carboxylic acids is 1. The monoisotopic (exact) mass is 308 g/mol. The van der Waals surface area contributed by atoms with Gasteiger partial charge < -0.3 is 9.47 Å². The van der Waals surface area contributed by atoms with Gasteiger partial charge in [-0.1, -0.05) is 11.6 Å². The van der Waals surface area contributed by atoms with Crippen molar-refractivity contribution in [2.75, 3.05) is 12.4 Å². The van der Waals surface area contributed by atoms with Crippen molar-refractivity contribution in [3.05, 3.63) is 29.4 Å². The van der Waals surface area contributed by atoms with Gasteiger partial charge in [0.25, 0.3) is 0 Å². The highest BCUT2D eigenvalue weighted by Crippen LogP contribution is 2.32. The molecule has 2 rings (SSSR count). The highest BCUT2D eigenvalue weighted by Gasteiger charge is 2.18. The van der Waals surface area contributed by atoms with E-state index in [-0.39, 0.29) is 0 Å². The van der Waals surface area contributed by atoms with Crippen LogP contribution in [0.25, 0.3) is 10.9 Å². The third-order valence-corrected chi connectivity index (χ3v) is 3.05. The Bertz CT molecular complexity index is 680. The minimum Gasteiger partial charge on any atom is -0.497 e. The van der Waals surface area contributed by atoms with Crippen LogP contribution in [0.5, 0.6) is 5.75 Å². The van der Waals surface area contributed by atoms with Gasteiger partial charge in [-0.15, -0.1) is 0 Å². The Kier molecular flexibility index (Phi) is 4.23. The summed E-state index contributed by atoms with van der Waals surface area (Å²) in [5.41, 5.74) is 0.534. The molecule has 0 aliphatic carbocycles. The molecule has 21 heavy (non-hydrogen) atoms. The molecule has 0 saturated heterocycles. The molecule has 1 heterocycles. The number of fused-ring (bicyclic) bond motifs is 1. The first-order valence-corrected chi connectivity index (χ1v) is 6.80. The first-order chi connectivity index (χ1) is 9.80. The normalized spacial score (nSPS) is 11.3. The number of benzene rings is 1. The van der Waals surface area contributed by atoms with Crippen molar-refractivity contribution in [1.82, 2.24) is 4.98 Å². The van der Waals surface area contributed by atoms with E-state index in [9.17, 15) is 4.79 Å². The summed E-state index contributed by atoms with van der Waals surface area (Å²) in [5.74, 6) is 0.667. The molecule has 0 unspecified atom stereocenters. The van der Waals surface area contributed by atoms with Crippen LogP contribution in [-0.4, -0.2) is 23.8 Å². The predicted octanol–water partition coefficient (Wildman–Crippen LogP) is 4.24. The summed E-state index contributed by atoms with van der Waals surface area (Å²) in [6.07, 6.45) is 0.926. The number of nitrogens with one attached hydrogen (secondary N) is 1. The second kappa shape index (κ2) is 5.77. The number of methoxy groups -OCH3 is 1. The lowest BCUT2D eigenvalue weighted by Gasteiger charge is -2.20. The molecule has 1 aromatic carbocycles. The molecular formula is C15H17ClN2O3. The van der Waals surface area contributed by atoms with Gasteiger partial charge in [0, 0.05) is 5.39 Å². The van der Waals surface area contributed by atoms with Crippen LogP contribution in [0.3, 0.4) is 0 Å². The smallest absolute Gasteiger partial charge is 0.412 e. The van der Waals surface area contributed by atoms with Gasteiger partial charge in [-0.25, -0.2) is 4.79 Å². The summed E-state index contributed by atoms with van der Waals surface area (Å²) in [7, 11) is 1.57. The fourth-order valence-electron chi connectivity index (χ4n) is 1.77.